The second-order valence-electron chi connectivity index (χ2n) is 5.36. The molecule has 1 aromatic rings. The summed E-state index contributed by atoms with van der Waals surface area (Å²) in [4.78, 5) is 2.56. The van der Waals surface area contributed by atoms with Gasteiger partial charge in [0.15, 0.2) is 0 Å². The Labute approximate surface area is 127 Å². The lowest BCUT2D eigenvalue weighted by Crippen LogP contribution is -2.40. The van der Waals surface area contributed by atoms with E-state index >= 15 is 0 Å². The molecule has 1 saturated heterocycles. The zero-order valence-electron chi connectivity index (χ0n) is 12.6. The Hall–Kier alpha value is -0.710. The van der Waals surface area contributed by atoms with Gasteiger partial charge in [0.25, 0.3) is 0 Å². The molecule has 0 saturated carbocycles. The Morgan fingerprint density at radius 2 is 1.95 bits per heavy atom. The van der Waals surface area contributed by atoms with Crippen LogP contribution in [0.5, 0.6) is 5.75 Å². The average Bonchev–Trinajstić information content (AvgIpc) is 2.49. The number of benzene rings is 1. The van der Waals surface area contributed by atoms with E-state index in [1.165, 1.54) is 36.7 Å². The first-order chi connectivity index (χ1) is 9.78. The Morgan fingerprint density at radius 1 is 1.25 bits per heavy atom. The van der Waals surface area contributed by atoms with Crippen molar-refractivity contribution in [2.24, 2.45) is 0 Å². The van der Waals surface area contributed by atoms with E-state index in [2.05, 4.69) is 41.0 Å². The quantitative estimate of drug-likeness (QED) is 0.834. The third kappa shape index (κ3) is 5.35. The first-order valence-corrected chi connectivity index (χ1v) is 8.60. The van der Waals surface area contributed by atoms with Gasteiger partial charge < -0.3 is 15.0 Å². The molecule has 2 rings (SSSR count). The van der Waals surface area contributed by atoms with E-state index in [1.807, 2.05) is 12.1 Å². The van der Waals surface area contributed by atoms with Gasteiger partial charge in [-0.3, -0.25) is 0 Å². The molecular formula is C16H26N2OS. The molecule has 4 heteroatoms. The van der Waals surface area contributed by atoms with Crippen molar-refractivity contribution in [1.29, 1.82) is 0 Å². The van der Waals surface area contributed by atoms with E-state index in [0.29, 0.717) is 6.04 Å². The molecule has 0 radical (unpaired) electrons. The molecule has 112 valence electrons. The summed E-state index contributed by atoms with van der Waals surface area (Å²) in [6, 6.07) is 8.89. The number of methoxy groups -OCH3 is 1. The number of thioether (sulfide) groups is 1. The summed E-state index contributed by atoms with van der Waals surface area (Å²) < 4.78 is 5.18. The standard InChI is InChI=1S/C16H26N2OS/c1-14(13-15-3-5-16(19-2)6-4-15)17-7-8-18-9-11-20-12-10-18/h3-6,14,17H,7-13H2,1-2H3. The molecule has 1 atom stereocenters. The minimum atomic E-state index is 0.516. The number of nitrogens with one attached hydrogen (secondary N) is 1. The van der Waals surface area contributed by atoms with Crippen LogP contribution in [-0.2, 0) is 6.42 Å². The molecule has 0 aromatic heterocycles. The third-order valence-corrected chi connectivity index (χ3v) is 4.67. The lowest BCUT2D eigenvalue weighted by atomic mass is 10.1. The summed E-state index contributed by atoms with van der Waals surface area (Å²) in [6.45, 7) is 7.02. The van der Waals surface area contributed by atoms with Gasteiger partial charge in [0.1, 0.15) is 5.75 Å². The molecule has 20 heavy (non-hydrogen) atoms. The summed E-state index contributed by atoms with van der Waals surface area (Å²) in [5.74, 6) is 3.51. The first kappa shape index (κ1) is 15.7. The van der Waals surface area contributed by atoms with Gasteiger partial charge in [-0.25, -0.2) is 0 Å². The molecule has 1 aromatic carbocycles. The summed E-state index contributed by atoms with van der Waals surface area (Å²) in [7, 11) is 1.71. The molecule has 1 aliphatic rings. The normalized spacial score (nSPS) is 17.9. The number of nitrogens with zero attached hydrogens (tertiary/aromatic N) is 1. The number of rotatable bonds is 7. The van der Waals surface area contributed by atoms with Crippen molar-refractivity contribution in [2.75, 3.05) is 44.8 Å². The lowest BCUT2D eigenvalue weighted by Gasteiger charge is -2.26. The topological polar surface area (TPSA) is 24.5 Å². The molecule has 1 N–H and O–H groups in total. The van der Waals surface area contributed by atoms with Gasteiger partial charge in [0, 0.05) is 43.7 Å². The molecule has 1 heterocycles. The van der Waals surface area contributed by atoms with E-state index in [-0.39, 0.29) is 0 Å². The molecule has 0 amide bonds. The smallest absolute Gasteiger partial charge is 0.118 e. The SMILES string of the molecule is COc1ccc(CC(C)NCCN2CCSCC2)cc1. The van der Waals surface area contributed by atoms with Crippen LogP contribution in [0.3, 0.4) is 0 Å². The van der Waals surface area contributed by atoms with Crippen molar-refractivity contribution < 1.29 is 4.74 Å². The number of hydrogen-bond donors (Lipinski definition) is 1. The van der Waals surface area contributed by atoms with Crippen LogP contribution < -0.4 is 10.1 Å². The van der Waals surface area contributed by atoms with Gasteiger partial charge in [-0.1, -0.05) is 12.1 Å². The van der Waals surface area contributed by atoms with Crippen molar-refractivity contribution in [3.8, 4) is 5.75 Å². The molecule has 1 unspecified atom stereocenters. The summed E-state index contributed by atoms with van der Waals surface area (Å²) >= 11 is 2.07. The van der Waals surface area contributed by atoms with Crippen molar-refractivity contribution in [3.63, 3.8) is 0 Å². The van der Waals surface area contributed by atoms with Gasteiger partial charge in [-0.2, -0.15) is 11.8 Å². The maximum absolute atomic E-state index is 5.18. The first-order valence-electron chi connectivity index (χ1n) is 7.44. The Bertz CT molecular complexity index is 377. The van der Waals surface area contributed by atoms with Crippen molar-refractivity contribution in [2.45, 2.75) is 19.4 Å². The highest BCUT2D eigenvalue weighted by Crippen LogP contribution is 2.12. The van der Waals surface area contributed by atoms with Gasteiger partial charge in [-0.15, -0.1) is 0 Å². The van der Waals surface area contributed by atoms with Gasteiger partial charge in [0.05, 0.1) is 7.11 Å². The van der Waals surface area contributed by atoms with Crippen LogP contribution in [0.15, 0.2) is 24.3 Å². The van der Waals surface area contributed by atoms with Crippen LogP contribution in [0.2, 0.25) is 0 Å². The number of hydrogen-bond acceptors (Lipinski definition) is 4. The van der Waals surface area contributed by atoms with Crippen molar-refractivity contribution >= 4 is 11.8 Å². The minimum Gasteiger partial charge on any atom is -0.497 e. The van der Waals surface area contributed by atoms with Gasteiger partial charge in [-0.05, 0) is 31.0 Å². The predicted octanol–water partition coefficient (Wildman–Crippen LogP) is 2.26. The highest BCUT2D eigenvalue weighted by molar-refractivity contribution is 7.99. The summed E-state index contributed by atoms with van der Waals surface area (Å²) in [6.07, 6.45) is 1.07. The minimum absolute atomic E-state index is 0.516. The van der Waals surface area contributed by atoms with Crippen LogP contribution in [0.4, 0.5) is 0 Å². The highest BCUT2D eigenvalue weighted by atomic mass is 32.2. The van der Waals surface area contributed by atoms with E-state index in [1.54, 1.807) is 7.11 Å². The van der Waals surface area contributed by atoms with Crippen LogP contribution >= 0.6 is 11.8 Å². The second-order valence-corrected chi connectivity index (χ2v) is 6.59. The van der Waals surface area contributed by atoms with Gasteiger partial charge in [0.2, 0.25) is 0 Å². The maximum Gasteiger partial charge on any atom is 0.118 e. The maximum atomic E-state index is 5.18. The molecule has 3 nitrogen and oxygen atoms in total. The van der Waals surface area contributed by atoms with Gasteiger partial charge >= 0.3 is 0 Å². The monoisotopic (exact) mass is 294 g/mol. The second kappa shape index (κ2) is 8.55. The molecule has 0 bridgehead atoms. The zero-order valence-corrected chi connectivity index (χ0v) is 13.4. The number of ether oxygens (including phenoxy) is 1. The summed E-state index contributed by atoms with van der Waals surface area (Å²) in [5.41, 5.74) is 1.36. The van der Waals surface area contributed by atoms with Crippen LogP contribution in [0, 0.1) is 0 Å². The molecule has 0 aliphatic carbocycles. The molecular weight excluding hydrogens is 268 g/mol. The Kier molecular flexibility index (Phi) is 6.70. The highest BCUT2D eigenvalue weighted by Gasteiger charge is 2.10. The Balaban J connectivity index is 1.65. The Morgan fingerprint density at radius 3 is 2.60 bits per heavy atom. The van der Waals surface area contributed by atoms with Crippen LogP contribution in [-0.4, -0.2) is 55.7 Å². The average molecular weight is 294 g/mol. The molecule has 1 aliphatic heterocycles. The van der Waals surface area contributed by atoms with Crippen molar-refractivity contribution in [3.05, 3.63) is 29.8 Å². The van der Waals surface area contributed by atoms with E-state index in [9.17, 15) is 0 Å². The third-order valence-electron chi connectivity index (χ3n) is 3.73. The van der Waals surface area contributed by atoms with E-state index in [4.69, 9.17) is 4.74 Å². The lowest BCUT2D eigenvalue weighted by molar-refractivity contribution is 0.296. The summed E-state index contributed by atoms with van der Waals surface area (Å²) in [5, 5.41) is 3.63. The fourth-order valence-electron chi connectivity index (χ4n) is 2.48. The van der Waals surface area contributed by atoms with E-state index < -0.39 is 0 Å². The zero-order chi connectivity index (χ0) is 14.2. The fraction of sp³-hybridized carbons (Fsp3) is 0.625. The van der Waals surface area contributed by atoms with Crippen LogP contribution in [0.25, 0.3) is 0 Å². The molecule has 0 spiro atoms. The van der Waals surface area contributed by atoms with Crippen LogP contribution in [0.1, 0.15) is 12.5 Å². The van der Waals surface area contributed by atoms with Crippen molar-refractivity contribution in [1.82, 2.24) is 10.2 Å². The fourth-order valence-corrected chi connectivity index (χ4v) is 3.46. The largest absolute Gasteiger partial charge is 0.497 e. The predicted molar refractivity (Wildman–Crippen MR) is 87.9 cm³/mol. The van der Waals surface area contributed by atoms with E-state index in [0.717, 1.165) is 18.7 Å². The molecule has 1 fully saturated rings.